The minimum Gasteiger partial charge on any atom is -0.335 e. The number of hydrogen-bond acceptors (Lipinski definition) is 2. The average molecular weight is 412 g/mol. The lowest BCUT2D eigenvalue weighted by atomic mass is 9.65. The fourth-order valence-corrected chi connectivity index (χ4v) is 6.28. The lowest BCUT2D eigenvalue weighted by Gasteiger charge is -2.39. The van der Waals surface area contributed by atoms with Crippen molar-refractivity contribution in [3.63, 3.8) is 0 Å². The molecule has 1 saturated carbocycles. The van der Waals surface area contributed by atoms with Gasteiger partial charge in [-0.2, -0.15) is 0 Å². The van der Waals surface area contributed by atoms with Crippen LogP contribution in [0.4, 0.5) is 4.79 Å². The summed E-state index contributed by atoms with van der Waals surface area (Å²) in [5.74, 6) is 0.158. The summed E-state index contributed by atoms with van der Waals surface area (Å²) < 4.78 is 0. The summed E-state index contributed by atoms with van der Waals surface area (Å²) in [7, 11) is 1.86. The number of urea groups is 1. The van der Waals surface area contributed by atoms with Gasteiger partial charge in [0, 0.05) is 44.8 Å². The Morgan fingerprint density at radius 1 is 1.03 bits per heavy atom. The number of nitrogens with zero attached hydrogens (tertiary/aromatic N) is 3. The molecule has 3 fully saturated rings. The number of piperidine rings is 1. The van der Waals surface area contributed by atoms with Crippen molar-refractivity contribution in [2.45, 2.75) is 71.9 Å². The SMILES string of the molecule is CN(Cc1ccc(C(=O)N2CC3(C)CC2CC(C)(C)C3)cc1)C(=O)N1CCCCC1. The van der Waals surface area contributed by atoms with E-state index in [1.807, 2.05) is 36.2 Å². The fraction of sp³-hybridized carbons (Fsp3) is 0.680. The lowest BCUT2D eigenvalue weighted by Crippen LogP contribution is -2.43. The van der Waals surface area contributed by atoms with E-state index < -0.39 is 0 Å². The van der Waals surface area contributed by atoms with Crippen LogP contribution >= 0.6 is 0 Å². The molecule has 164 valence electrons. The average Bonchev–Trinajstić information content (AvgIpc) is 2.96. The second-order valence-electron chi connectivity index (χ2n) is 11.0. The molecule has 2 saturated heterocycles. The van der Waals surface area contributed by atoms with E-state index in [-0.39, 0.29) is 17.4 Å². The third-order valence-electron chi connectivity index (χ3n) is 7.25. The first-order chi connectivity index (χ1) is 14.2. The van der Waals surface area contributed by atoms with Crippen LogP contribution in [0.3, 0.4) is 0 Å². The Morgan fingerprint density at radius 2 is 1.70 bits per heavy atom. The topological polar surface area (TPSA) is 43.9 Å². The number of rotatable bonds is 3. The second kappa shape index (κ2) is 7.90. The van der Waals surface area contributed by atoms with E-state index in [2.05, 4.69) is 25.7 Å². The highest BCUT2D eigenvalue weighted by Gasteiger charge is 2.51. The number of hydrogen-bond donors (Lipinski definition) is 0. The molecule has 2 aliphatic heterocycles. The minimum atomic E-state index is 0.107. The predicted octanol–water partition coefficient (Wildman–Crippen LogP) is 4.77. The van der Waals surface area contributed by atoms with Gasteiger partial charge in [0.15, 0.2) is 0 Å². The van der Waals surface area contributed by atoms with Gasteiger partial charge >= 0.3 is 6.03 Å². The summed E-state index contributed by atoms with van der Waals surface area (Å²) in [6.07, 6.45) is 6.84. The molecule has 5 nitrogen and oxygen atoms in total. The second-order valence-corrected chi connectivity index (χ2v) is 11.0. The molecule has 0 aromatic heterocycles. The maximum absolute atomic E-state index is 13.2. The maximum atomic E-state index is 13.2. The van der Waals surface area contributed by atoms with E-state index >= 15 is 0 Å². The number of amides is 3. The van der Waals surface area contributed by atoms with E-state index in [9.17, 15) is 9.59 Å². The van der Waals surface area contributed by atoms with Gasteiger partial charge in [-0.1, -0.05) is 32.9 Å². The molecule has 2 unspecified atom stereocenters. The Kier molecular flexibility index (Phi) is 5.58. The zero-order valence-corrected chi connectivity index (χ0v) is 19.1. The van der Waals surface area contributed by atoms with Crippen LogP contribution in [0.1, 0.15) is 75.2 Å². The van der Waals surface area contributed by atoms with Crippen molar-refractivity contribution in [3.8, 4) is 0 Å². The van der Waals surface area contributed by atoms with Gasteiger partial charge in [-0.05, 0) is 67.1 Å². The third kappa shape index (κ3) is 4.35. The number of likely N-dealkylation sites (tertiary alicyclic amines) is 2. The van der Waals surface area contributed by atoms with Crippen molar-refractivity contribution >= 4 is 11.9 Å². The van der Waals surface area contributed by atoms with Gasteiger partial charge < -0.3 is 14.7 Å². The van der Waals surface area contributed by atoms with Gasteiger partial charge in [0.25, 0.3) is 5.91 Å². The molecule has 2 heterocycles. The molecular weight excluding hydrogens is 374 g/mol. The molecule has 3 amide bonds. The van der Waals surface area contributed by atoms with E-state index in [0.717, 1.165) is 56.4 Å². The van der Waals surface area contributed by atoms with Gasteiger partial charge in [0.1, 0.15) is 0 Å². The number of carbonyl (C=O) groups is 2. The molecule has 5 heteroatoms. The normalized spacial score (nSPS) is 27.8. The molecule has 0 spiro atoms. The molecule has 1 aliphatic carbocycles. The predicted molar refractivity (Wildman–Crippen MR) is 119 cm³/mol. The van der Waals surface area contributed by atoms with Gasteiger partial charge in [-0.3, -0.25) is 4.79 Å². The molecular formula is C25H37N3O2. The summed E-state index contributed by atoms with van der Waals surface area (Å²) in [5.41, 5.74) is 2.38. The Balaban J connectivity index is 1.39. The highest BCUT2D eigenvalue weighted by molar-refractivity contribution is 5.94. The Labute approximate surface area is 181 Å². The summed E-state index contributed by atoms with van der Waals surface area (Å²) in [4.78, 5) is 31.7. The molecule has 1 aromatic carbocycles. The van der Waals surface area contributed by atoms with Crippen LogP contribution in [-0.2, 0) is 6.54 Å². The van der Waals surface area contributed by atoms with E-state index in [1.165, 1.54) is 12.8 Å². The molecule has 3 aliphatic rings. The van der Waals surface area contributed by atoms with Crippen molar-refractivity contribution in [3.05, 3.63) is 35.4 Å². The van der Waals surface area contributed by atoms with Crippen LogP contribution in [0.2, 0.25) is 0 Å². The molecule has 2 atom stereocenters. The van der Waals surface area contributed by atoms with Crippen molar-refractivity contribution in [2.24, 2.45) is 10.8 Å². The third-order valence-corrected chi connectivity index (χ3v) is 7.25. The molecule has 1 aromatic rings. The fourth-order valence-electron chi connectivity index (χ4n) is 6.28. The first-order valence-corrected chi connectivity index (χ1v) is 11.6. The van der Waals surface area contributed by atoms with Gasteiger partial charge in [0.2, 0.25) is 0 Å². The number of benzene rings is 1. The zero-order chi connectivity index (χ0) is 21.5. The highest BCUT2D eigenvalue weighted by Crippen LogP contribution is 2.52. The van der Waals surface area contributed by atoms with Crippen LogP contribution in [0, 0.1) is 10.8 Å². The van der Waals surface area contributed by atoms with Crippen molar-refractivity contribution in [2.75, 3.05) is 26.7 Å². The van der Waals surface area contributed by atoms with E-state index in [0.29, 0.717) is 18.0 Å². The summed E-state index contributed by atoms with van der Waals surface area (Å²) in [6.45, 7) is 10.2. The van der Waals surface area contributed by atoms with E-state index in [4.69, 9.17) is 0 Å². The number of fused-ring (bicyclic) bond motifs is 2. The lowest BCUT2D eigenvalue weighted by molar-refractivity contribution is 0.0708. The van der Waals surface area contributed by atoms with Crippen LogP contribution in [0.5, 0.6) is 0 Å². The monoisotopic (exact) mass is 411 g/mol. The molecule has 4 rings (SSSR count). The largest absolute Gasteiger partial charge is 0.335 e. The summed E-state index contributed by atoms with van der Waals surface area (Å²) in [5, 5.41) is 0. The van der Waals surface area contributed by atoms with Crippen LogP contribution < -0.4 is 0 Å². The Hall–Kier alpha value is -2.04. The summed E-state index contributed by atoms with van der Waals surface area (Å²) in [6, 6.07) is 8.34. The molecule has 0 N–H and O–H groups in total. The first kappa shape index (κ1) is 21.2. The van der Waals surface area contributed by atoms with Crippen molar-refractivity contribution < 1.29 is 9.59 Å². The van der Waals surface area contributed by atoms with Gasteiger partial charge in [0.05, 0.1) is 0 Å². The first-order valence-electron chi connectivity index (χ1n) is 11.6. The Bertz CT molecular complexity index is 797. The quantitative estimate of drug-likeness (QED) is 0.719. The van der Waals surface area contributed by atoms with Crippen LogP contribution in [0.15, 0.2) is 24.3 Å². The summed E-state index contributed by atoms with van der Waals surface area (Å²) >= 11 is 0. The van der Waals surface area contributed by atoms with Gasteiger partial charge in [-0.25, -0.2) is 4.79 Å². The van der Waals surface area contributed by atoms with Crippen molar-refractivity contribution in [1.82, 2.24) is 14.7 Å². The molecule has 0 radical (unpaired) electrons. The molecule has 30 heavy (non-hydrogen) atoms. The number of carbonyl (C=O) groups excluding carboxylic acids is 2. The van der Waals surface area contributed by atoms with E-state index in [1.54, 1.807) is 4.90 Å². The minimum absolute atomic E-state index is 0.107. The maximum Gasteiger partial charge on any atom is 0.320 e. The van der Waals surface area contributed by atoms with Crippen LogP contribution in [0.25, 0.3) is 0 Å². The highest BCUT2D eigenvalue weighted by atomic mass is 16.2. The van der Waals surface area contributed by atoms with Crippen molar-refractivity contribution in [1.29, 1.82) is 0 Å². The van der Waals surface area contributed by atoms with Gasteiger partial charge in [-0.15, -0.1) is 0 Å². The standard InChI is InChI=1S/C25H37N3O2/c1-24(2)14-21-15-25(3,17-24)18-28(21)22(29)20-10-8-19(9-11-20)16-26(4)23(30)27-12-6-5-7-13-27/h8-11,21H,5-7,12-18H2,1-4H3. The smallest absolute Gasteiger partial charge is 0.320 e. The Morgan fingerprint density at radius 3 is 2.37 bits per heavy atom. The zero-order valence-electron chi connectivity index (χ0n) is 19.1. The van der Waals surface area contributed by atoms with Crippen LogP contribution in [-0.4, -0.2) is 59.4 Å². The molecule has 2 bridgehead atoms.